The second-order valence-corrected chi connectivity index (χ2v) is 3.19. The van der Waals surface area contributed by atoms with Crippen molar-refractivity contribution in [3.8, 4) is 6.07 Å². The Hall–Kier alpha value is -2.09. The van der Waals surface area contributed by atoms with Gasteiger partial charge < -0.3 is 4.98 Å². The van der Waals surface area contributed by atoms with Gasteiger partial charge in [-0.2, -0.15) is 5.26 Å². The molecular formula is C10H11N3O2. The summed E-state index contributed by atoms with van der Waals surface area (Å²) < 4.78 is 0. The maximum absolute atomic E-state index is 11.3. The molecule has 0 aromatic carbocycles. The molecule has 0 radical (unpaired) electrons. The van der Waals surface area contributed by atoms with E-state index in [9.17, 15) is 9.59 Å². The third kappa shape index (κ3) is 3.27. The monoisotopic (exact) mass is 205 g/mol. The van der Waals surface area contributed by atoms with Gasteiger partial charge in [0, 0.05) is 11.8 Å². The molecule has 2 N–H and O–H groups in total. The summed E-state index contributed by atoms with van der Waals surface area (Å²) in [6, 6.07) is 1.99. The molecule has 0 aliphatic carbocycles. The second kappa shape index (κ2) is 4.96. The fraction of sp³-hybridized carbons (Fsp3) is 0.300. The van der Waals surface area contributed by atoms with Gasteiger partial charge in [0.2, 0.25) is 0 Å². The molecule has 1 rings (SSSR count). The number of rotatable bonds is 3. The van der Waals surface area contributed by atoms with Gasteiger partial charge in [-0.15, -0.1) is 0 Å². The first-order valence-electron chi connectivity index (χ1n) is 4.47. The number of hydrogen-bond donors (Lipinski definition) is 2. The highest BCUT2D eigenvalue weighted by Crippen LogP contribution is 2.01. The van der Waals surface area contributed by atoms with E-state index in [1.54, 1.807) is 6.08 Å². The van der Waals surface area contributed by atoms with Crippen LogP contribution in [0.25, 0.3) is 0 Å². The molecule has 0 bridgehead atoms. The molecule has 78 valence electrons. The van der Waals surface area contributed by atoms with Crippen LogP contribution in [0.4, 0.5) is 0 Å². The van der Waals surface area contributed by atoms with Crippen LogP contribution < -0.4 is 11.2 Å². The van der Waals surface area contributed by atoms with Crippen molar-refractivity contribution < 1.29 is 0 Å². The predicted octanol–water partition coefficient (Wildman–Crippen LogP) is 0.466. The van der Waals surface area contributed by atoms with Gasteiger partial charge >= 0.3 is 5.69 Å². The molecule has 15 heavy (non-hydrogen) atoms. The van der Waals surface area contributed by atoms with Crippen LogP contribution in [-0.2, 0) is 6.42 Å². The zero-order chi connectivity index (χ0) is 11.3. The van der Waals surface area contributed by atoms with Gasteiger partial charge in [0.15, 0.2) is 0 Å². The van der Waals surface area contributed by atoms with Gasteiger partial charge in [0.25, 0.3) is 5.56 Å². The Bertz CT molecular complexity index is 516. The lowest BCUT2D eigenvalue weighted by Crippen LogP contribution is -2.24. The summed E-state index contributed by atoms with van der Waals surface area (Å²) in [6.07, 6.45) is 3.91. The van der Waals surface area contributed by atoms with Crippen LogP contribution in [0.1, 0.15) is 18.9 Å². The van der Waals surface area contributed by atoms with E-state index in [1.165, 1.54) is 6.20 Å². The van der Waals surface area contributed by atoms with Gasteiger partial charge in [0.1, 0.15) is 0 Å². The molecule has 0 fully saturated rings. The number of aromatic amines is 2. The lowest BCUT2D eigenvalue weighted by atomic mass is 10.1. The average molecular weight is 205 g/mol. The first-order valence-corrected chi connectivity index (χ1v) is 4.47. The van der Waals surface area contributed by atoms with Crippen LogP contribution in [0, 0.1) is 11.3 Å². The second-order valence-electron chi connectivity index (χ2n) is 3.19. The summed E-state index contributed by atoms with van der Waals surface area (Å²) in [5.41, 5.74) is 0.515. The van der Waals surface area contributed by atoms with Crippen molar-refractivity contribution in [3.63, 3.8) is 0 Å². The number of hydrogen-bond acceptors (Lipinski definition) is 3. The summed E-state index contributed by atoms with van der Waals surface area (Å²) in [7, 11) is 0. The number of nitrogens with one attached hydrogen (secondary N) is 2. The fourth-order valence-corrected chi connectivity index (χ4v) is 1.16. The predicted molar refractivity (Wildman–Crippen MR) is 55.4 cm³/mol. The molecule has 1 aromatic heterocycles. The largest absolute Gasteiger partial charge is 0.325 e. The average Bonchev–Trinajstić information content (AvgIpc) is 2.19. The molecule has 5 nitrogen and oxygen atoms in total. The van der Waals surface area contributed by atoms with E-state index in [2.05, 4.69) is 9.97 Å². The highest BCUT2D eigenvalue weighted by atomic mass is 16.2. The van der Waals surface area contributed by atoms with Crippen molar-refractivity contribution in [1.82, 2.24) is 9.97 Å². The summed E-state index contributed by atoms with van der Waals surface area (Å²) in [6.45, 7) is 1.84. The fourth-order valence-electron chi connectivity index (χ4n) is 1.16. The Morgan fingerprint density at radius 2 is 2.33 bits per heavy atom. The van der Waals surface area contributed by atoms with Crippen LogP contribution in [0.2, 0.25) is 0 Å². The van der Waals surface area contributed by atoms with E-state index >= 15 is 0 Å². The molecule has 1 aromatic rings. The molecule has 0 aliphatic heterocycles. The van der Waals surface area contributed by atoms with Gasteiger partial charge in [-0.1, -0.05) is 11.6 Å². The van der Waals surface area contributed by atoms with Crippen LogP contribution in [0.3, 0.4) is 0 Å². The van der Waals surface area contributed by atoms with E-state index in [4.69, 9.17) is 5.26 Å². The van der Waals surface area contributed by atoms with E-state index < -0.39 is 5.69 Å². The Morgan fingerprint density at radius 3 is 2.93 bits per heavy atom. The topological polar surface area (TPSA) is 89.5 Å². The Labute approximate surface area is 86.1 Å². The van der Waals surface area contributed by atoms with Crippen molar-refractivity contribution in [2.75, 3.05) is 0 Å². The third-order valence-electron chi connectivity index (χ3n) is 1.91. The quantitative estimate of drug-likeness (QED) is 0.702. The highest BCUT2D eigenvalue weighted by Gasteiger charge is 2.00. The minimum absolute atomic E-state index is 0.326. The molecule has 0 atom stereocenters. The highest BCUT2D eigenvalue weighted by molar-refractivity contribution is 5.15. The lowest BCUT2D eigenvalue weighted by molar-refractivity contribution is 0.964. The number of H-pyrrole nitrogens is 2. The summed E-state index contributed by atoms with van der Waals surface area (Å²) in [5, 5.41) is 8.36. The molecular weight excluding hydrogens is 194 g/mol. The number of allylic oxidation sites excluding steroid dienone is 2. The van der Waals surface area contributed by atoms with E-state index in [0.717, 1.165) is 5.57 Å². The third-order valence-corrected chi connectivity index (χ3v) is 1.91. The van der Waals surface area contributed by atoms with Crippen molar-refractivity contribution in [1.29, 1.82) is 5.26 Å². The minimum Gasteiger partial charge on any atom is -0.314 e. The van der Waals surface area contributed by atoms with Crippen molar-refractivity contribution in [2.45, 2.75) is 19.8 Å². The van der Waals surface area contributed by atoms with Crippen LogP contribution in [0.15, 0.2) is 27.4 Å². The number of aromatic nitrogens is 2. The summed E-state index contributed by atoms with van der Waals surface area (Å²) in [5.74, 6) is 0. The van der Waals surface area contributed by atoms with Crippen molar-refractivity contribution >= 4 is 0 Å². The van der Waals surface area contributed by atoms with Gasteiger partial charge in [0.05, 0.1) is 12.5 Å². The first-order chi connectivity index (χ1) is 7.13. The first kappa shape index (κ1) is 11.0. The Morgan fingerprint density at radius 1 is 1.60 bits per heavy atom. The number of nitriles is 1. The van der Waals surface area contributed by atoms with E-state index in [-0.39, 0.29) is 5.56 Å². The lowest BCUT2D eigenvalue weighted by Gasteiger charge is -1.98. The van der Waals surface area contributed by atoms with E-state index in [1.807, 2.05) is 13.0 Å². The van der Waals surface area contributed by atoms with E-state index in [0.29, 0.717) is 18.4 Å². The van der Waals surface area contributed by atoms with Crippen LogP contribution in [-0.4, -0.2) is 9.97 Å². The summed E-state index contributed by atoms with van der Waals surface area (Å²) >= 11 is 0. The van der Waals surface area contributed by atoms with Crippen LogP contribution in [0.5, 0.6) is 0 Å². The molecule has 0 saturated heterocycles. The Kier molecular flexibility index (Phi) is 3.63. The van der Waals surface area contributed by atoms with Crippen molar-refractivity contribution in [2.24, 2.45) is 0 Å². The number of nitrogens with zero attached hydrogens (tertiary/aromatic N) is 1. The maximum Gasteiger partial charge on any atom is 0.325 e. The molecule has 1 heterocycles. The molecule has 5 heteroatoms. The normalized spacial score (nSPS) is 11.1. The Balaban J connectivity index is 2.87. The van der Waals surface area contributed by atoms with Gasteiger partial charge in [-0.3, -0.25) is 9.78 Å². The maximum atomic E-state index is 11.3. The molecule has 0 spiro atoms. The standard InChI is InChI=1S/C10H11N3O2/c1-7(3-2-4-11)5-8-6-12-10(15)13-9(8)14/h3,6H,2,5H2,1H3,(H2,12,13,14,15). The van der Waals surface area contributed by atoms with Crippen molar-refractivity contribution in [3.05, 3.63) is 44.2 Å². The smallest absolute Gasteiger partial charge is 0.314 e. The SMILES string of the molecule is CC(=CCC#N)Cc1c[nH]c(=O)[nH]c1=O. The zero-order valence-corrected chi connectivity index (χ0v) is 8.33. The minimum atomic E-state index is -0.512. The van der Waals surface area contributed by atoms with Gasteiger partial charge in [-0.05, 0) is 13.3 Å². The molecule has 0 amide bonds. The van der Waals surface area contributed by atoms with Gasteiger partial charge in [-0.25, -0.2) is 4.79 Å². The summed E-state index contributed by atoms with van der Waals surface area (Å²) in [4.78, 5) is 26.6. The molecule has 0 saturated carbocycles. The molecule has 0 unspecified atom stereocenters. The zero-order valence-electron chi connectivity index (χ0n) is 8.33. The van der Waals surface area contributed by atoms with Crippen LogP contribution >= 0.6 is 0 Å². The molecule has 0 aliphatic rings.